The number of esters is 3. The SMILES string of the molecule is CCCCC/C=C\CCCCCCCC(=O)OC(COC(=O)CCCCCCC\C=C/C=C\C=C/CCCCCCC)COC(=O)CCCCCCCCCCC. The summed E-state index contributed by atoms with van der Waals surface area (Å²) in [5.74, 6) is -0.913. The number of carbonyl (C=O) groups excluding carboxylic acids is 3. The van der Waals surface area contributed by atoms with Crippen LogP contribution in [0.2, 0.25) is 0 Å². The van der Waals surface area contributed by atoms with Gasteiger partial charge in [0.15, 0.2) is 6.10 Å². The predicted octanol–water partition coefficient (Wildman–Crippen LogP) is 15.5. The first-order chi connectivity index (χ1) is 28.0. The summed E-state index contributed by atoms with van der Waals surface area (Å²) in [6.07, 6.45) is 53.8. The minimum Gasteiger partial charge on any atom is -0.462 e. The van der Waals surface area contributed by atoms with Crippen molar-refractivity contribution in [2.24, 2.45) is 0 Å². The molecule has 0 N–H and O–H groups in total. The van der Waals surface area contributed by atoms with Crippen LogP contribution < -0.4 is 0 Å². The maximum atomic E-state index is 12.7. The van der Waals surface area contributed by atoms with Gasteiger partial charge in [-0.15, -0.1) is 0 Å². The van der Waals surface area contributed by atoms with E-state index in [1.54, 1.807) is 0 Å². The van der Waals surface area contributed by atoms with Gasteiger partial charge >= 0.3 is 17.9 Å². The third-order valence-electron chi connectivity index (χ3n) is 10.4. The Balaban J connectivity index is 4.37. The minimum absolute atomic E-state index is 0.0820. The van der Waals surface area contributed by atoms with E-state index in [1.165, 1.54) is 109 Å². The lowest BCUT2D eigenvalue weighted by Gasteiger charge is -2.18. The molecule has 57 heavy (non-hydrogen) atoms. The molecular weight excluding hydrogens is 709 g/mol. The summed E-state index contributed by atoms with van der Waals surface area (Å²) in [6.45, 7) is 6.55. The summed E-state index contributed by atoms with van der Waals surface area (Å²) in [5, 5.41) is 0. The van der Waals surface area contributed by atoms with Gasteiger partial charge in [0.2, 0.25) is 0 Å². The molecule has 0 fully saturated rings. The molecule has 1 atom stereocenters. The van der Waals surface area contributed by atoms with Crippen LogP contribution in [-0.4, -0.2) is 37.2 Å². The number of hydrogen-bond donors (Lipinski definition) is 0. The lowest BCUT2D eigenvalue weighted by atomic mass is 10.1. The monoisotopic (exact) mass is 799 g/mol. The second kappa shape index (κ2) is 46.1. The highest BCUT2D eigenvalue weighted by Crippen LogP contribution is 2.14. The van der Waals surface area contributed by atoms with E-state index in [2.05, 4.69) is 69.4 Å². The van der Waals surface area contributed by atoms with Crippen molar-refractivity contribution >= 4 is 17.9 Å². The van der Waals surface area contributed by atoms with E-state index in [9.17, 15) is 14.4 Å². The topological polar surface area (TPSA) is 78.9 Å². The van der Waals surface area contributed by atoms with Crippen molar-refractivity contribution in [2.45, 2.75) is 245 Å². The molecule has 0 aliphatic rings. The van der Waals surface area contributed by atoms with Crippen LogP contribution in [-0.2, 0) is 28.6 Å². The molecule has 0 aliphatic heterocycles. The Morgan fingerprint density at radius 3 is 1.05 bits per heavy atom. The first-order valence-corrected chi connectivity index (χ1v) is 24.2. The normalized spacial score (nSPS) is 12.4. The molecule has 0 aromatic heterocycles. The third kappa shape index (κ3) is 44.3. The van der Waals surface area contributed by atoms with Crippen molar-refractivity contribution in [3.05, 3.63) is 48.6 Å². The Bertz CT molecular complexity index is 1010. The zero-order valence-corrected chi connectivity index (χ0v) is 37.6. The minimum atomic E-state index is -0.781. The Morgan fingerprint density at radius 2 is 0.649 bits per heavy atom. The highest BCUT2D eigenvalue weighted by Gasteiger charge is 2.19. The van der Waals surface area contributed by atoms with Crippen LogP contribution in [0.3, 0.4) is 0 Å². The van der Waals surface area contributed by atoms with Crippen molar-refractivity contribution in [1.29, 1.82) is 0 Å². The molecule has 330 valence electrons. The van der Waals surface area contributed by atoms with Gasteiger partial charge in [0.25, 0.3) is 0 Å². The smallest absolute Gasteiger partial charge is 0.306 e. The average molecular weight is 799 g/mol. The van der Waals surface area contributed by atoms with Gasteiger partial charge in [-0.05, 0) is 70.6 Å². The van der Waals surface area contributed by atoms with Crippen molar-refractivity contribution < 1.29 is 28.6 Å². The number of carbonyl (C=O) groups is 3. The zero-order valence-electron chi connectivity index (χ0n) is 37.6. The molecule has 0 saturated heterocycles. The van der Waals surface area contributed by atoms with Crippen LogP contribution in [0.15, 0.2) is 48.6 Å². The van der Waals surface area contributed by atoms with Crippen molar-refractivity contribution in [2.75, 3.05) is 13.2 Å². The standard InChI is InChI=1S/C51H90O6/c1-4-7-10-13-16-19-21-23-24-25-26-27-28-30-32-35-38-41-44-50(53)56-47-48(46-55-49(52)43-40-37-34-31-18-15-12-9-6-3)57-51(54)45-42-39-36-33-29-22-20-17-14-11-8-5-2/h17,20-21,23-27,48H,4-16,18-19,22,28-47H2,1-3H3/b20-17-,23-21-,25-24-,27-26-. The maximum Gasteiger partial charge on any atom is 0.306 e. The molecule has 0 radical (unpaired) electrons. The second-order valence-electron chi connectivity index (χ2n) is 16.1. The molecule has 0 aromatic rings. The molecule has 6 nitrogen and oxygen atoms in total. The Morgan fingerprint density at radius 1 is 0.351 bits per heavy atom. The van der Waals surface area contributed by atoms with Gasteiger partial charge in [-0.3, -0.25) is 14.4 Å². The van der Waals surface area contributed by atoms with E-state index in [-0.39, 0.29) is 31.1 Å². The van der Waals surface area contributed by atoms with Crippen molar-refractivity contribution in [1.82, 2.24) is 0 Å². The number of rotatable bonds is 43. The molecule has 0 rings (SSSR count). The molecule has 0 aromatic carbocycles. The summed E-state index contributed by atoms with van der Waals surface area (Å²) < 4.78 is 16.7. The van der Waals surface area contributed by atoms with E-state index in [1.807, 2.05) is 0 Å². The van der Waals surface area contributed by atoms with E-state index >= 15 is 0 Å². The molecule has 0 spiro atoms. The molecule has 0 amide bonds. The Hall–Kier alpha value is -2.63. The molecule has 1 unspecified atom stereocenters. The van der Waals surface area contributed by atoms with Crippen LogP contribution in [0.5, 0.6) is 0 Å². The molecule has 0 aliphatic carbocycles. The summed E-state index contributed by atoms with van der Waals surface area (Å²) in [7, 11) is 0. The second-order valence-corrected chi connectivity index (χ2v) is 16.1. The number of ether oxygens (including phenoxy) is 3. The van der Waals surface area contributed by atoms with E-state index in [0.717, 1.165) is 89.9 Å². The van der Waals surface area contributed by atoms with Gasteiger partial charge in [-0.25, -0.2) is 0 Å². The van der Waals surface area contributed by atoms with Gasteiger partial charge < -0.3 is 14.2 Å². The summed E-state index contributed by atoms with van der Waals surface area (Å²) in [4.78, 5) is 37.7. The van der Waals surface area contributed by atoms with E-state index in [4.69, 9.17) is 14.2 Å². The fourth-order valence-corrected chi connectivity index (χ4v) is 6.67. The van der Waals surface area contributed by atoms with Crippen molar-refractivity contribution in [3.8, 4) is 0 Å². The predicted molar refractivity (Wildman–Crippen MR) is 242 cm³/mol. The van der Waals surface area contributed by atoms with Crippen LogP contribution in [0.4, 0.5) is 0 Å². The quantitative estimate of drug-likeness (QED) is 0.0201. The van der Waals surface area contributed by atoms with Crippen molar-refractivity contribution in [3.63, 3.8) is 0 Å². The molecule has 0 heterocycles. The Labute approximate surface area is 352 Å². The lowest BCUT2D eigenvalue weighted by Crippen LogP contribution is -2.30. The third-order valence-corrected chi connectivity index (χ3v) is 10.4. The van der Waals surface area contributed by atoms with Crippen LogP contribution in [0.25, 0.3) is 0 Å². The van der Waals surface area contributed by atoms with Crippen LogP contribution in [0.1, 0.15) is 239 Å². The van der Waals surface area contributed by atoms with Gasteiger partial charge in [0, 0.05) is 19.3 Å². The zero-order chi connectivity index (χ0) is 41.5. The highest BCUT2D eigenvalue weighted by molar-refractivity contribution is 5.71. The highest BCUT2D eigenvalue weighted by atomic mass is 16.6. The fraction of sp³-hybridized carbons (Fsp3) is 0.784. The Kier molecular flexibility index (Phi) is 43.9. The van der Waals surface area contributed by atoms with Gasteiger partial charge in [0.05, 0.1) is 0 Å². The number of unbranched alkanes of at least 4 members (excludes halogenated alkanes) is 26. The average Bonchev–Trinajstić information content (AvgIpc) is 3.21. The first kappa shape index (κ1) is 54.4. The van der Waals surface area contributed by atoms with Crippen LogP contribution in [0, 0.1) is 0 Å². The largest absolute Gasteiger partial charge is 0.462 e. The van der Waals surface area contributed by atoms with Gasteiger partial charge in [-0.2, -0.15) is 0 Å². The lowest BCUT2D eigenvalue weighted by molar-refractivity contribution is -0.167. The van der Waals surface area contributed by atoms with E-state index < -0.39 is 6.10 Å². The molecule has 0 saturated carbocycles. The first-order valence-electron chi connectivity index (χ1n) is 24.2. The number of allylic oxidation sites excluding steroid dienone is 8. The summed E-state index contributed by atoms with van der Waals surface area (Å²) >= 11 is 0. The molecule has 6 heteroatoms. The number of hydrogen-bond acceptors (Lipinski definition) is 6. The fourth-order valence-electron chi connectivity index (χ4n) is 6.67. The van der Waals surface area contributed by atoms with Gasteiger partial charge in [-0.1, -0.05) is 198 Å². The summed E-state index contributed by atoms with van der Waals surface area (Å²) in [5.41, 5.74) is 0. The van der Waals surface area contributed by atoms with E-state index in [0.29, 0.717) is 19.3 Å². The van der Waals surface area contributed by atoms with Crippen LogP contribution >= 0.6 is 0 Å². The summed E-state index contributed by atoms with van der Waals surface area (Å²) in [6, 6.07) is 0. The molecular formula is C51H90O6. The molecule has 0 bridgehead atoms. The van der Waals surface area contributed by atoms with Gasteiger partial charge in [0.1, 0.15) is 13.2 Å². The maximum absolute atomic E-state index is 12.7.